The first-order chi connectivity index (χ1) is 6.41. The zero-order valence-corrected chi connectivity index (χ0v) is 8.37. The number of hydrogen-bond acceptors (Lipinski definition) is 1. The second-order valence-electron chi connectivity index (χ2n) is 3.18. The van der Waals surface area contributed by atoms with Gasteiger partial charge in [0.15, 0.2) is 0 Å². The maximum atomic E-state index is 9.99. The van der Waals surface area contributed by atoms with Crippen molar-refractivity contribution in [1.82, 2.24) is 0 Å². The summed E-state index contributed by atoms with van der Waals surface area (Å²) in [4.78, 5) is 9.99. The van der Waals surface area contributed by atoms with Crippen LogP contribution in [0.25, 0.3) is 0 Å². The van der Waals surface area contributed by atoms with Gasteiger partial charge in [0.25, 0.3) is 0 Å². The minimum absolute atomic E-state index is 0.733. The summed E-state index contributed by atoms with van der Waals surface area (Å²) in [5.41, 5.74) is 0. The molecule has 0 amide bonds. The Morgan fingerprint density at radius 3 is 2.15 bits per heavy atom. The van der Waals surface area contributed by atoms with E-state index < -0.39 is 0 Å². The first-order valence-corrected chi connectivity index (χ1v) is 5.13. The third-order valence-electron chi connectivity index (χ3n) is 1.96. The molecule has 0 heterocycles. The highest BCUT2D eigenvalue weighted by Gasteiger charge is 1.88. The third-order valence-corrected chi connectivity index (χ3v) is 1.96. The molecule has 0 rings (SSSR count). The Morgan fingerprint density at radius 1 is 0.923 bits per heavy atom. The van der Waals surface area contributed by atoms with Crippen LogP contribution in [0, 0.1) is 0 Å². The number of unbranched alkanes of at least 4 members (excludes halogenated alkanes) is 6. The van der Waals surface area contributed by atoms with Gasteiger partial charge in [-0.15, -0.1) is 0 Å². The van der Waals surface area contributed by atoms with E-state index in [-0.39, 0.29) is 0 Å². The van der Waals surface area contributed by atoms with Gasteiger partial charge in [0.1, 0.15) is 6.29 Å². The Balaban J connectivity index is 2.95. The zero-order valence-electron chi connectivity index (χ0n) is 8.37. The van der Waals surface area contributed by atoms with Crippen molar-refractivity contribution >= 4 is 6.29 Å². The summed E-state index contributed by atoms with van der Waals surface area (Å²) < 4.78 is 0. The average Bonchev–Trinajstić information content (AvgIpc) is 2.16. The molecule has 1 nitrogen and oxygen atoms in total. The fourth-order valence-corrected chi connectivity index (χ4v) is 1.21. The lowest BCUT2D eigenvalue weighted by atomic mass is 10.1. The molecular weight excluding hydrogens is 160 g/mol. The Hall–Kier alpha value is -0.850. The van der Waals surface area contributed by atoms with Crippen LogP contribution in [0.1, 0.15) is 44.9 Å². The van der Waals surface area contributed by atoms with E-state index in [2.05, 4.69) is 12.7 Å². The number of hydrogen-bond donors (Lipinski definition) is 0. The van der Waals surface area contributed by atoms with Crippen LogP contribution in [-0.2, 0) is 4.79 Å². The SMILES string of the molecule is C=CC=CCCCCCCCC=O. The average molecular weight is 180 g/mol. The Kier molecular flexibility index (Phi) is 10.4. The molecule has 0 unspecified atom stereocenters. The van der Waals surface area contributed by atoms with Crippen molar-refractivity contribution < 1.29 is 4.79 Å². The molecule has 0 N–H and O–H groups in total. The second-order valence-corrected chi connectivity index (χ2v) is 3.18. The lowest BCUT2D eigenvalue weighted by Crippen LogP contribution is -1.79. The Labute approximate surface area is 81.5 Å². The van der Waals surface area contributed by atoms with Gasteiger partial charge >= 0.3 is 0 Å². The molecule has 0 fully saturated rings. The normalized spacial score (nSPS) is 10.5. The lowest BCUT2D eigenvalue weighted by Gasteiger charge is -1.96. The van der Waals surface area contributed by atoms with Gasteiger partial charge in [-0.1, -0.05) is 44.1 Å². The van der Waals surface area contributed by atoms with Gasteiger partial charge in [-0.2, -0.15) is 0 Å². The van der Waals surface area contributed by atoms with Crippen molar-refractivity contribution in [2.24, 2.45) is 0 Å². The molecule has 1 heteroatoms. The van der Waals surface area contributed by atoms with Crippen LogP contribution in [0.4, 0.5) is 0 Å². The smallest absolute Gasteiger partial charge is 0.119 e. The van der Waals surface area contributed by atoms with Crippen LogP contribution < -0.4 is 0 Å². The fraction of sp³-hybridized carbons (Fsp3) is 0.583. The Bertz CT molecular complexity index is 147. The molecule has 0 aliphatic carbocycles. The maximum absolute atomic E-state index is 9.99. The third kappa shape index (κ3) is 11.1. The van der Waals surface area contributed by atoms with Crippen LogP contribution in [0.15, 0.2) is 24.8 Å². The minimum Gasteiger partial charge on any atom is -0.303 e. The van der Waals surface area contributed by atoms with Crippen molar-refractivity contribution in [3.05, 3.63) is 24.8 Å². The first kappa shape index (κ1) is 12.2. The largest absolute Gasteiger partial charge is 0.303 e. The van der Waals surface area contributed by atoms with Crippen LogP contribution in [0.5, 0.6) is 0 Å². The van der Waals surface area contributed by atoms with Gasteiger partial charge in [0, 0.05) is 6.42 Å². The number of carbonyl (C=O) groups excluding carboxylic acids is 1. The molecule has 0 radical (unpaired) electrons. The van der Waals surface area contributed by atoms with E-state index in [0.717, 1.165) is 25.5 Å². The molecule has 0 spiro atoms. The van der Waals surface area contributed by atoms with Crippen molar-refractivity contribution in [3.63, 3.8) is 0 Å². The van der Waals surface area contributed by atoms with Crippen molar-refractivity contribution in [2.45, 2.75) is 44.9 Å². The van der Waals surface area contributed by atoms with E-state index >= 15 is 0 Å². The van der Waals surface area contributed by atoms with E-state index in [4.69, 9.17) is 0 Å². The molecule has 0 aromatic carbocycles. The summed E-state index contributed by atoms with van der Waals surface area (Å²) in [6, 6.07) is 0. The van der Waals surface area contributed by atoms with Gasteiger partial charge in [0.2, 0.25) is 0 Å². The summed E-state index contributed by atoms with van der Waals surface area (Å²) in [5, 5.41) is 0. The maximum Gasteiger partial charge on any atom is 0.119 e. The van der Waals surface area contributed by atoms with Crippen molar-refractivity contribution in [3.8, 4) is 0 Å². The number of rotatable bonds is 9. The van der Waals surface area contributed by atoms with Gasteiger partial charge in [-0.05, 0) is 19.3 Å². The topological polar surface area (TPSA) is 17.1 Å². The molecule has 0 saturated heterocycles. The van der Waals surface area contributed by atoms with E-state index in [1.807, 2.05) is 12.2 Å². The molecule has 74 valence electrons. The summed E-state index contributed by atoms with van der Waals surface area (Å²) in [6.07, 6.45) is 14.9. The molecule has 0 bridgehead atoms. The van der Waals surface area contributed by atoms with Crippen LogP contribution in [0.3, 0.4) is 0 Å². The van der Waals surface area contributed by atoms with Gasteiger partial charge in [-0.25, -0.2) is 0 Å². The molecule has 0 saturated carbocycles. The number of allylic oxidation sites excluding steroid dienone is 3. The molecule has 13 heavy (non-hydrogen) atoms. The molecule has 0 aromatic heterocycles. The van der Waals surface area contributed by atoms with E-state index in [1.165, 1.54) is 25.7 Å². The van der Waals surface area contributed by atoms with Crippen molar-refractivity contribution in [2.75, 3.05) is 0 Å². The predicted octanol–water partition coefficient (Wildman–Crippen LogP) is 3.66. The van der Waals surface area contributed by atoms with Gasteiger partial charge < -0.3 is 4.79 Å². The van der Waals surface area contributed by atoms with Gasteiger partial charge in [-0.3, -0.25) is 0 Å². The predicted molar refractivity (Wildman–Crippen MR) is 57.7 cm³/mol. The minimum atomic E-state index is 0.733. The van der Waals surface area contributed by atoms with E-state index in [1.54, 1.807) is 0 Å². The zero-order chi connectivity index (χ0) is 9.78. The fourth-order valence-electron chi connectivity index (χ4n) is 1.21. The first-order valence-electron chi connectivity index (χ1n) is 5.13. The van der Waals surface area contributed by atoms with E-state index in [0.29, 0.717) is 0 Å². The summed E-state index contributed by atoms with van der Waals surface area (Å²) in [6.45, 7) is 3.61. The van der Waals surface area contributed by atoms with Crippen LogP contribution >= 0.6 is 0 Å². The molecule has 0 aliphatic heterocycles. The second kappa shape index (κ2) is 11.2. The molecule has 0 aliphatic rings. The highest BCUT2D eigenvalue weighted by Crippen LogP contribution is 2.06. The van der Waals surface area contributed by atoms with Crippen LogP contribution in [-0.4, -0.2) is 6.29 Å². The number of carbonyl (C=O) groups is 1. The Morgan fingerprint density at radius 2 is 1.54 bits per heavy atom. The summed E-state index contributed by atoms with van der Waals surface area (Å²) in [5.74, 6) is 0. The van der Waals surface area contributed by atoms with Gasteiger partial charge in [0.05, 0.1) is 0 Å². The molecule has 0 aromatic rings. The summed E-state index contributed by atoms with van der Waals surface area (Å²) >= 11 is 0. The van der Waals surface area contributed by atoms with Crippen LogP contribution in [0.2, 0.25) is 0 Å². The molecule has 0 atom stereocenters. The highest BCUT2D eigenvalue weighted by molar-refractivity contribution is 5.48. The monoisotopic (exact) mass is 180 g/mol. The molecular formula is C12H20O. The summed E-state index contributed by atoms with van der Waals surface area (Å²) in [7, 11) is 0. The van der Waals surface area contributed by atoms with E-state index in [9.17, 15) is 4.79 Å². The number of aldehydes is 1. The lowest BCUT2D eigenvalue weighted by molar-refractivity contribution is -0.107. The van der Waals surface area contributed by atoms with Crippen molar-refractivity contribution in [1.29, 1.82) is 0 Å². The quantitative estimate of drug-likeness (QED) is 0.300. The highest BCUT2D eigenvalue weighted by atomic mass is 16.1. The standard InChI is InChI=1S/C12H20O/c1-2-3-4-5-6-7-8-9-10-11-12-13/h2-4,12H,1,5-11H2.